The maximum atomic E-state index is 5.94. The zero-order valence-electron chi connectivity index (χ0n) is 16.2. The lowest BCUT2D eigenvalue weighted by Crippen LogP contribution is -2.53. The molecule has 28 heavy (non-hydrogen) atoms. The molecule has 2 saturated heterocycles. The van der Waals surface area contributed by atoms with Gasteiger partial charge < -0.3 is 19.7 Å². The van der Waals surface area contributed by atoms with Crippen molar-refractivity contribution in [1.29, 1.82) is 0 Å². The summed E-state index contributed by atoms with van der Waals surface area (Å²) in [4.78, 5) is 6.74. The Bertz CT molecular complexity index is 744. The Morgan fingerprint density at radius 2 is 2.04 bits per heavy atom. The maximum Gasteiger partial charge on any atom is 0.194 e. The van der Waals surface area contributed by atoms with Crippen molar-refractivity contribution in [3.63, 3.8) is 0 Å². The summed E-state index contributed by atoms with van der Waals surface area (Å²) in [5, 5.41) is 7.74. The summed E-state index contributed by atoms with van der Waals surface area (Å²) in [6.45, 7) is 3.97. The topological polar surface area (TPSA) is 63.9 Å². The molecule has 2 aliphatic heterocycles. The van der Waals surface area contributed by atoms with Crippen LogP contribution in [0.15, 0.2) is 47.7 Å². The van der Waals surface area contributed by atoms with Gasteiger partial charge in [0.2, 0.25) is 0 Å². The van der Waals surface area contributed by atoms with Crippen molar-refractivity contribution in [1.82, 2.24) is 20.0 Å². The summed E-state index contributed by atoms with van der Waals surface area (Å²) in [5.74, 6) is 0.914. The number of hydrogen-bond acceptors (Lipinski definition) is 4. The van der Waals surface area contributed by atoms with Crippen LogP contribution in [0.5, 0.6) is 0 Å². The Hall–Kier alpha value is -1.65. The molecule has 0 amide bonds. The summed E-state index contributed by atoms with van der Waals surface area (Å²) in [6, 6.07) is 10.3. The average molecular weight is 497 g/mol. The van der Waals surface area contributed by atoms with Crippen LogP contribution in [-0.4, -0.2) is 66.2 Å². The van der Waals surface area contributed by atoms with Crippen LogP contribution in [-0.2, 0) is 16.0 Å². The highest BCUT2D eigenvalue weighted by Crippen LogP contribution is 2.21. The number of nitrogens with zero attached hydrogens (tertiary/aromatic N) is 4. The normalized spacial score (nSPS) is 22.8. The van der Waals surface area contributed by atoms with Gasteiger partial charge in [-0.3, -0.25) is 4.99 Å². The summed E-state index contributed by atoms with van der Waals surface area (Å²) in [7, 11) is 1.83. The monoisotopic (exact) mass is 497 g/mol. The van der Waals surface area contributed by atoms with Crippen molar-refractivity contribution < 1.29 is 9.47 Å². The molecule has 2 aliphatic rings. The summed E-state index contributed by atoms with van der Waals surface area (Å²) in [6.07, 6.45) is 6.30. The number of aromatic nitrogens is 2. The number of guanidine groups is 1. The molecule has 3 heterocycles. The summed E-state index contributed by atoms with van der Waals surface area (Å²) in [5.41, 5.74) is 2.26. The lowest BCUT2D eigenvalue weighted by molar-refractivity contribution is -0.0817. The standard InChI is InChI=1S/C20H27N5O2.HI/c1-21-20(24-11-13-27-19(15-24)18-4-2-12-26-18)22-14-16-5-7-17(8-6-16)25-10-3-9-23-25;/h3,5-10,18-19H,2,4,11-15H2,1H3,(H,21,22);1H. The molecule has 0 saturated carbocycles. The third-order valence-electron chi connectivity index (χ3n) is 5.14. The second kappa shape index (κ2) is 10.2. The van der Waals surface area contributed by atoms with Gasteiger partial charge in [0, 0.05) is 45.7 Å². The smallest absolute Gasteiger partial charge is 0.194 e. The van der Waals surface area contributed by atoms with E-state index in [2.05, 4.69) is 44.6 Å². The van der Waals surface area contributed by atoms with Gasteiger partial charge in [-0.15, -0.1) is 24.0 Å². The number of morpholine rings is 1. The van der Waals surface area contributed by atoms with Crippen LogP contribution in [0.25, 0.3) is 5.69 Å². The van der Waals surface area contributed by atoms with Gasteiger partial charge in [0.05, 0.1) is 18.4 Å². The Morgan fingerprint density at radius 3 is 2.71 bits per heavy atom. The maximum absolute atomic E-state index is 5.94. The van der Waals surface area contributed by atoms with E-state index in [1.54, 1.807) is 6.20 Å². The van der Waals surface area contributed by atoms with E-state index in [0.717, 1.165) is 50.7 Å². The van der Waals surface area contributed by atoms with Crippen LogP contribution in [0, 0.1) is 0 Å². The van der Waals surface area contributed by atoms with E-state index in [1.807, 2.05) is 24.0 Å². The minimum absolute atomic E-state index is 0. The van der Waals surface area contributed by atoms with Crippen LogP contribution in [0.2, 0.25) is 0 Å². The largest absolute Gasteiger partial charge is 0.375 e. The molecular formula is C20H28IN5O2. The van der Waals surface area contributed by atoms with E-state index in [1.165, 1.54) is 5.56 Å². The van der Waals surface area contributed by atoms with Crippen molar-refractivity contribution in [3.8, 4) is 5.69 Å². The minimum Gasteiger partial charge on any atom is -0.375 e. The van der Waals surface area contributed by atoms with Crippen LogP contribution < -0.4 is 5.32 Å². The fourth-order valence-electron chi connectivity index (χ4n) is 3.69. The second-order valence-electron chi connectivity index (χ2n) is 6.92. The number of hydrogen-bond donors (Lipinski definition) is 1. The zero-order valence-corrected chi connectivity index (χ0v) is 18.5. The molecule has 1 N–H and O–H groups in total. The molecule has 2 fully saturated rings. The highest BCUT2D eigenvalue weighted by molar-refractivity contribution is 14.0. The summed E-state index contributed by atoms with van der Waals surface area (Å²) >= 11 is 0. The Labute approximate surface area is 183 Å². The van der Waals surface area contributed by atoms with E-state index >= 15 is 0 Å². The number of ether oxygens (including phenoxy) is 2. The first-order valence-corrected chi connectivity index (χ1v) is 9.61. The van der Waals surface area contributed by atoms with Crippen molar-refractivity contribution in [2.24, 2.45) is 4.99 Å². The molecule has 0 spiro atoms. The number of halogens is 1. The van der Waals surface area contributed by atoms with Gasteiger partial charge in [0.15, 0.2) is 5.96 Å². The molecule has 8 heteroatoms. The molecule has 4 rings (SSSR count). The fourth-order valence-corrected chi connectivity index (χ4v) is 3.69. The van der Waals surface area contributed by atoms with Gasteiger partial charge >= 0.3 is 0 Å². The van der Waals surface area contributed by atoms with Crippen molar-refractivity contribution in [2.75, 3.05) is 33.4 Å². The number of aliphatic imine (C=N–C) groups is 1. The lowest BCUT2D eigenvalue weighted by atomic mass is 10.1. The third kappa shape index (κ3) is 5.03. The van der Waals surface area contributed by atoms with Crippen molar-refractivity contribution >= 4 is 29.9 Å². The first-order chi connectivity index (χ1) is 13.3. The van der Waals surface area contributed by atoms with Crippen LogP contribution in [0.4, 0.5) is 0 Å². The molecule has 0 bridgehead atoms. The van der Waals surface area contributed by atoms with Crippen LogP contribution in [0.3, 0.4) is 0 Å². The van der Waals surface area contributed by atoms with E-state index in [4.69, 9.17) is 9.47 Å². The highest BCUT2D eigenvalue weighted by Gasteiger charge is 2.32. The van der Waals surface area contributed by atoms with Gasteiger partial charge in [-0.1, -0.05) is 12.1 Å². The first-order valence-electron chi connectivity index (χ1n) is 9.61. The van der Waals surface area contributed by atoms with Crippen molar-refractivity contribution in [2.45, 2.75) is 31.6 Å². The van der Waals surface area contributed by atoms with E-state index in [0.29, 0.717) is 6.61 Å². The van der Waals surface area contributed by atoms with Gasteiger partial charge in [-0.2, -0.15) is 5.10 Å². The predicted octanol–water partition coefficient (Wildman–Crippen LogP) is 2.45. The molecule has 1 aromatic carbocycles. The molecular weight excluding hydrogens is 469 g/mol. The molecule has 152 valence electrons. The van der Waals surface area contributed by atoms with Crippen LogP contribution >= 0.6 is 24.0 Å². The van der Waals surface area contributed by atoms with Gasteiger partial charge in [0.1, 0.15) is 6.10 Å². The number of benzene rings is 1. The fraction of sp³-hybridized carbons (Fsp3) is 0.500. The quantitative estimate of drug-likeness (QED) is 0.400. The Balaban J connectivity index is 0.00000225. The van der Waals surface area contributed by atoms with E-state index in [-0.39, 0.29) is 36.2 Å². The molecule has 7 nitrogen and oxygen atoms in total. The molecule has 0 aliphatic carbocycles. The highest BCUT2D eigenvalue weighted by atomic mass is 127. The minimum atomic E-state index is 0. The number of rotatable bonds is 4. The number of nitrogens with one attached hydrogen (secondary N) is 1. The van der Waals surface area contributed by atoms with Crippen LogP contribution in [0.1, 0.15) is 18.4 Å². The van der Waals surface area contributed by atoms with Gasteiger partial charge in [0.25, 0.3) is 0 Å². The lowest BCUT2D eigenvalue weighted by Gasteiger charge is -2.37. The summed E-state index contributed by atoms with van der Waals surface area (Å²) < 4.78 is 13.6. The zero-order chi connectivity index (χ0) is 18.5. The third-order valence-corrected chi connectivity index (χ3v) is 5.14. The van der Waals surface area contributed by atoms with Gasteiger partial charge in [-0.05, 0) is 36.6 Å². The van der Waals surface area contributed by atoms with Gasteiger partial charge in [-0.25, -0.2) is 4.68 Å². The molecule has 0 radical (unpaired) electrons. The Kier molecular flexibility index (Phi) is 7.69. The van der Waals surface area contributed by atoms with E-state index < -0.39 is 0 Å². The molecule has 2 unspecified atom stereocenters. The van der Waals surface area contributed by atoms with Crippen molar-refractivity contribution in [3.05, 3.63) is 48.3 Å². The molecule has 2 aromatic rings. The molecule has 1 aromatic heterocycles. The predicted molar refractivity (Wildman–Crippen MR) is 119 cm³/mol. The first kappa shape index (κ1) is 21.1. The average Bonchev–Trinajstić information content (AvgIpc) is 3.43. The SMILES string of the molecule is CN=C(NCc1ccc(-n2cccn2)cc1)N1CCOC(C2CCCO2)C1.I. The second-order valence-corrected chi connectivity index (χ2v) is 6.92. The Morgan fingerprint density at radius 1 is 1.21 bits per heavy atom. The van der Waals surface area contributed by atoms with E-state index in [9.17, 15) is 0 Å². The molecule has 2 atom stereocenters.